The first-order valence-corrected chi connectivity index (χ1v) is 13.9. The second kappa shape index (κ2) is 11.9. The zero-order chi connectivity index (χ0) is 26.6. The molecule has 1 N–H and O–H groups in total. The molecule has 2 aromatic rings. The van der Waals surface area contributed by atoms with Crippen LogP contribution in [0.4, 0.5) is 5.69 Å². The van der Waals surface area contributed by atoms with Crippen LogP contribution in [-0.2, 0) is 17.8 Å². The number of halogens is 1. The SMILES string of the molecule is C=C[C@@H](O)[C@@]1(C)CC[C@@H]1CN1CCCCc2cc(Cl)ccc2COc2ccc(C(=O)OCC(C)C)cc21. The van der Waals surface area contributed by atoms with Crippen molar-refractivity contribution in [3.63, 3.8) is 0 Å². The smallest absolute Gasteiger partial charge is 0.338 e. The number of hydrogen-bond donors (Lipinski definition) is 1. The van der Waals surface area contributed by atoms with Gasteiger partial charge in [0.2, 0.25) is 0 Å². The van der Waals surface area contributed by atoms with E-state index >= 15 is 0 Å². The molecule has 0 saturated heterocycles. The van der Waals surface area contributed by atoms with Crippen LogP contribution in [0.25, 0.3) is 0 Å². The highest BCUT2D eigenvalue weighted by Crippen LogP contribution is 2.50. The van der Waals surface area contributed by atoms with Gasteiger partial charge in [0.25, 0.3) is 0 Å². The van der Waals surface area contributed by atoms with Gasteiger partial charge in [0.1, 0.15) is 12.4 Å². The Kier molecular flexibility index (Phi) is 8.86. The fourth-order valence-corrected chi connectivity index (χ4v) is 5.61. The third-order valence-electron chi connectivity index (χ3n) is 8.06. The molecule has 37 heavy (non-hydrogen) atoms. The number of anilines is 1. The van der Waals surface area contributed by atoms with E-state index in [2.05, 4.69) is 18.4 Å². The highest BCUT2D eigenvalue weighted by atomic mass is 35.5. The maximum Gasteiger partial charge on any atom is 0.338 e. The number of ether oxygens (including phenoxy) is 2. The summed E-state index contributed by atoms with van der Waals surface area (Å²) in [4.78, 5) is 15.2. The van der Waals surface area contributed by atoms with E-state index in [-0.39, 0.29) is 17.3 Å². The average Bonchev–Trinajstić information content (AvgIpc) is 2.91. The molecule has 0 amide bonds. The van der Waals surface area contributed by atoms with Crippen molar-refractivity contribution < 1.29 is 19.4 Å². The first kappa shape index (κ1) is 27.5. The van der Waals surface area contributed by atoms with Crippen molar-refractivity contribution in [1.82, 2.24) is 0 Å². The number of esters is 1. The summed E-state index contributed by atoms with van der Waals surface area (Å²) in [5.41, 5.74) is 3.58. The Balaban J connectivity index is 1.67. The third kappa shape index (κ3) is 6.32. The summed E-state index contributed by atoms with van der Waals surface area (Å²) in [6, 6.07) is 11.6. The molecule has 4 rings (SSSR count). The van der Waals surface area contributed by atoms with E-state index in [9.17, 15) is 9.90 Å². The molecule has 2 aromatic carbocycles. The number of carbonyl (C=O) groups is 1. The van der Waals surface area contributed by atoms with Crippen LogP contribution in [-0.4, -0.2) is 36.9 Å². The summed E-state index contributed by atoms with van der Waals surface area (Å²) in [5.74, 6) is 1.01. The Morgan fingerprint density at radius 3 is 2.78 bits per heavy atom. The van der Waals surface area contributed by atoms with Gasteiger partial charge in [0, 0.05) is 23.5 Å². The number of rotatable bonds is 7. The minimum absolute atomic E-state index is 0.199. The molecule has 1 aliphatic carbocycles. The number of aliphatic hydroxyl groups is 1. The quantitative estimate of drug-likeness (QED) is 0.317. The second-order valence-electron chi connectivity index (χ2n) is 11.2. The molecule has 1 aliphatic heterocycles. The fraction of sp³-hybridized carbons (Fsp3) is 0.516. The molecule has 3 atom stereocenters. The molecular formula is C31H40ClNO4. The maximum atomic E-state index is 12.9. The van der Waals surface area contributed by atoms with Crippen LogP contribution in [0.2, 0.25) is 5.02 Å². The molecule has 0 unspecified atom stereocenters. The summed E-state index contributed by atoms with van der Waals surface area (Å²) < 4.78 is 11.9. The van der Waals surface area contributed by atoms with Crippen LogP contribution in [0.15, 0.2) is 49.1 Å². The Hall–Kier alpha value is -2.50. The van der Waals surface area contributed by atoms with Gasteiger partial charge in [0.15, 0.2) is 0 Å². The number of aryl methyl sites for hydroxylation is 1. The standard InChI is InChI=1S/C31H40ClNO4/c1-5-29(34)31(4)14-13-25(31)18-33-15-7-6-8-22-16-26(32)11-9-24(22)20-36-28-12-10-23(17-27(28)33)30(35)37-19-21(2)3/h5,9-12,16-17,21,25,29,34H,1,6-8,13-15,18-20H2,2-4H3/t25-,29-,31+/m1/s1. The number of hydrogen-bond acceptors (Lipinski definition) is 5. The number of fused-ring (bicyclic) bond motifs is 2. The van der Waals surface area contributed by atoms with Gasteiger partial charge in [-0.3, -0.25) is 0 Å². The van der Waals surface area contributed by atoms with Gasteiger partial charge in [-0.25, -0.2) is 4.79 Å². The van der Waals surface area contributed by atoms with E-state index in [4.69, 9.17) is 21.1 Å². The van der Waals surface area contributed by atoms with E-state index < -0.39 is 6.10 Å². The molecule has 0 bridgehead atoms. The molecule has 1 saturated carbocycles. The Morgan fingerprint density at radius 1 is 1.27 bits per heavy atom. The van der Waals surface area contributed by atoms with Crippen molar-refractivity contribution in [2.24, 2.45) is 17.3 Å². The Bertz CT molecular complexity index is 1120. The number of carbonyl (C=O) groups excluding carboxylic acids is 1. The van der Waals surface area contributed by atoms with Gasteiger partial charge in [-0.15, -0.1) is 6.58 Å². The molecule has 1 fully saturated rings. The topological polar surface area (TPSA) is 59.0 Å². The lowest BCUT2D eigenvalue weighted by Crippen LogP contribution is -2.51. The van der Waals surface area contributed by atoms with Gasteiger partial charge in [-0.1, -0.05) is 44.5 Å². The summed E-state index contributed by atoms with van der Waals surface area (Å²) >= 11 is 6.30. The van der Waals surface area contributed by atoms with Gasteiger partial charge in [0.05, 0.1) is 24.0 Å². The van der Waals surface area contributed by atoms with Crippen molar-refractivity contribution in [1.29, 1.82) is 0 Å². The normalized spacial score (nSPS) is 22.5. The van der Waals surface area contributed by atoms with Crippen LogP contribution in [0.1, 0.15) is 67.9 Å². The van der Waals surface area contributed by atoms with Gasteiger partial charge < -0.3 is 19.5 Å². The highest BCUT2D eigenvalue weighted by Gasteiger charge is 2.47. The van der Waals surface area contributed by atoms with Crippen LogP contribution >= 0.6 is 11.6 Å². The van der Waals surface area contributed by atoms with Crippen molar-refractivity contribution in [3.05, 3.63) is 70.8 Å². The van der Waals surface area contributed by atoms with E-state index in [1.165, 1.54) is 5.56 Å². The van der Waals surface area contributed by atoms with E-state index in [0.717, 1.165) is 67.2 Å². The summed E-state index contributed by atoms with van der Waals surface area (Å²) in [6.45, 7) is 12.5. The molecule has 200 valence electrons. The first-order chi connectivity index (χ1) is 17.7. The van der Waals surface area contributed by atoms with Gasteiger partial charge in [-0.2, -0.15) is 0 Å². The zero-order valence-corrected chi connectivity index (χ0v) is 23.1. The van der Waals surface area contributed by atoms with Crippen LogP contribution in [0.3, 0.4) is 0 Å². The first-order valence-electron chi connectivity index (χ1n) is 13.5. The van der Waals surface area contributed by atoms with Crippen molar-refractivity contribution in [3.8, 4) is 5.75 Å². The molecule has 0 spiro atoms. The van der Waals surface area contributed by atoms with E-state index in [1.54, 1.807) is 12.1 Å². The Morgan fingerprint density at radius 2 is 2.08 bits per heavy atom. The van der Waals surface area contributed by atoms with Crippen molar-refractivity contribution in [2.75, 3.05) is 24.6 Å². The minimum Gasteiger partial charge on any atom is -0.487 e. The zero-order valence-electron chi connectivity index (χ0n) is 22.3. The third-order valence-corrected chi connectivity index (χ3v) is 8.30. The summed E-state index contributed by atoms with van der Waals surface area (Å²) in [6.07, 6.45) is 6.08. The Labute approximate surface area is 226 Å². The summed E-state index contributed by atoms with van der Waals surface area (Å²) in [5, 5.41) is 11.4. The van der Waals surface area contributed by atoms with Crippen LogP contribution < -0.4 is 9.64 Å². The monoisotopic (exact) mass is 525 g/mol. The molecule has 0 radical (unpaired) electrons. The van der Waals surface area contributed by atoms with E-state index in [1.807, 2.05) is 44.2 Å². The van der Waals surface area contributed by atoms with E-state index in [0.29, 0.717) is 24.7 Å². The second-order valence-corrected chi connectivity index (χ2v) is 11.6. The lowest BCUT2D eigenvalue weighted by Gasteiger charge is -2.51. The number of aliphatic hydroxyl groups excluding tert-OH is 1. The average molecular weight is 526 g/mol. The molecule has 1 heterocycles. The molecular weight excluding hydrogens is 486 g/mol. The molecule has 6 heteroatoms. The van der Waals surface area contributed by atoms with Gasteiger partial charge >= 0.3 is 5.97 Å². The maximum absolute atomic E-state index is 12.9. The van der Waals surface area contributed by atoms with Gasteiger partial charge in [-0.05, 0) is 85.4 Å². The number of benzene rings is 2. The fourth-order valence-electron chi connectivity index (χ4n) is 5.42. The largest absolute Gasteiger partial charge is 0.487 e. The predicted octanol–water partition coefficient (Wildman–Crippen LogP) is 6.84. The van der Waals surface area contributed by atoms with Crippen molar-refractivity contribution >= 4 is 23.3 Å². The molecule has 5 nitrogen and oxygen atoms in total. The highest BCUT2D eigenvalue weighted by molar-refractivity contribution is 6.30. The van der Waals surface area contributed by atoms with Crippen LogP contribution in [0.5, 0.6) is 5.75 Å². The molecule has 0 aromatic heterocycles. The van der Waals surface area contributed by atoms with Crippen LogP contribution in [0, 0.1) is 17.3 Å². The lowest BCUT2D eigenvalue weighted by atomic mass is 9.58. The predicted molar refractivity (Wildman–Crippen MR) is 150 cm³/mol. The lowest BCUT2D eigenvalue weighted by molar-refractivity contribution is -0.0464. The summed E-state index contributed by atoms with van der Waals surface area (Å²) in [7, 11) is 0. The molecule has 2 aliphatic rings. The number of nitrogens with zero attached hydrogens (tertiary/aromatic N) is 1. The van der Waals surface area contributed by atoms with Crippen molar-refractivity contribution in [2.45, 2.75) is 65.6 Å². The minimum atomic E-state index is -0.539.